The second-order valence-corrected chi connectivity index (χ2v) is 3.70. The number of benzene rings is 1. The number of nitrogens with two attached hydrogens (primary N) is 1. The largest absolute Gasteiger partial charge is 0.476 e. The zero-order valence-corrected chi connectivity index (χ0v) is 9.86. The Kier molecular flexibility index (Phi) is 4.35. The van der Waals surface area contributed by atoms with E-state index in [-0.39, 0.29) is 10.2 Å². The van der Waals surface area contributed by atoms with E-state index in [1.165, 1.54) is 0 Å². The van der Waals surface area contributed by atoms with Crippen molar-refractivity contribution in [1.29, 1.82) is 0 Å². The molecule has 0 atom stereocenters. The minimum Gasteiger partial charge on any atom is -0.476 e. The number of hydrogen-bond acceptors (Lipinski definition) is 5. The molecule has 17 heavy (non-hydrogen) atoms. The van der Waals surface area contributed by atoms with Gasteiger partial charge in [-0.15, -0.1) is 0 Å². The lowest BCUT2D eigenvalue weighted by Crippen LogP contribution is -2.34. The Morgan fingerprint density at radius 1 is 1.65 bits per heavy atom. The van der Waals surface area contributed by atoms with Gasteiger partial charge in [-0.3, -0.25) is 20.3 Å². The van der Waals surface area contributed by atoms with E-state index in [4.69, 9.17) is 10.6 Å². The number of carbonyl (C=O) groups excluding carboxylic acids is 1. The molecule has 0 aliphatic heterocycles. The molecule has 0 heterocycles. The van der Waals surface area contributed by atoms with E-state index in [1.54, 1.807) is 5.43 Å². The molecule has 0 fully saturated rings. The van der Waals surface area contributed by atoms with Gasteiger partial charge >= 0.3 is 5.69 Å². The summed E-state index contributed by atoms with van der Waals surface area (Å²) in [4.78, 5) is 20.7. The van der Waals surface area contributed by atoms with Crippen LogP contribution in [0.25, 0.3) is 0 Å². The first-order valence-electron chi connectivity index (χ1n) is 4.21. The van der Waals surface area contributed by atoms with Gasteiger partial charge in [0.2, 0.25) is 5.75 Å². The van der Waals surface area contributed by atoms with Crippen LogP contribution in [0.15, 0.2) is 16.6 Å². The molecule has 0 spiro atoms. The van der Waals surface area contributed by atoms with Crippen LogP contribution in [0, 0.1) is 15.9 Å². The lowest BCUT2D eigenvalue weighted by molar-refractivity contribution is -0.386. The summed E-state index contributed by atoms with van der Waals surface area (Å²) in [6.07, 6.45) is 0. The van der Waals surface area contributed by atoms with Crippen molar-refractivity contribution in [2.45, 2.75) is 0 Å². The maximum Gasteiger partial charge on any atom is 0.315 e. The highest BCUT2D eigenvalue weighted by atomic mass is 79.9. The minimum atomic E-state index is -0.816. The lowest BCUT2D eigenvalue weighted by atomic mass is 10.3. The highest BCUT2D eigenvalue weighted by Gasteiger charge is 2.21. The number of ether oxygens (including phenoxy) is 1. The smallest absolute Gasteiger partial charge is 0.315 e. The Hall–Kier alpha value is -1.74. The fourth-order valence-electron chi connectivity index (χ4n) is 1.00. The number of halogens is 2. The molecule has 0 bridgehead atoms. The Morgan fingerprint density at radius 3 is 2.82 bits per heavy atom. The topological polar surface area (TPSA) is 107 Å². The molecule has 1 amide bonds. The van der Waals surface area contributed by atoms with Crippen molar-refractivity contribution in [1.82, 2.24) is 5.43 Å². The standard InChI is InChI=1S/C8H7BrFN3O4/c9-5-1-4(10)2-6(13(15)16)8(5)17-3-7(14)12-11/h1-2H,3,11H2,(H,12,14). The number of rotatable bonds is 4. The van der Waals surface area contributed by atoms with Gasteiger partial charge in [-0.2, -0.15) is 0 Å². The van der Waals surface area contributed by atoms with Crippen molar-refractivity contribution in [3.05, 3.63) is 32.5 Å². The average Bonchev–Trinajstić information content (AvgIpc) is 2.26. The van der Waals surface area contributed by atoms with E-state index < -0.39 is 28.9 Å². The zero-order chi connectivity index (χ0) is 13.0. The van der Waals surface area contributed by atoms with Gasteiger partial charge in [-0.1, -0.05) is 0 Å². The number of nitro groups is 1. The van der Waals surface area contributed by atoms with Crippen molar-refractivity contribution in [3.8, 4) is 5.75 Å². The maximum absolute atomic E-state index is 12.9. The molecule has 0 saturated heterocycles. The number of carbonyl (C=O) groups is 1. The third-order valence-electron chi connectivity index (χ3n) is 1.69. The first-order chi connectivity index (χ1) is 7.95. The van der Waals surface area contributed by atoms with Crippen molar-refractivity contribution in [3.63, 3.8) is 0 Å². The summed E-state index contributed by atoms with van der Waals surface area (Å²) in [5.74, 6) is 3.11. The predicted molar refractivity (Wildman–Crippen MR) is 58.6 cm³/mol. The number of hydrogen-bond donors (Lipinski definition) is 2. The highest BCUT2D eigenvalue weighted by molar-refractivity contribution is 9.10. The van der Waals surface area contributed by atoms with Crippen LogP contribution in [-0.4, -0.2) is 17.4 Å². The molecule has 1 aromatic rings. The quantitative estimate of drug-likeness (QED) is 0.371. The Labute approximate surface area is 103 Å². The van der Waals surface area contributed by atoms with Gasteiger partial charge < -0.3 is 4.74 Å². The summed E-state index contributed by atoms with van der Waals surface area (Å²) in [7, 11) is 0. The second kappa shape index (κ2) is 5.55. The number of nitrogens with zero attached hydrogens (tertiary/aromatic N) is 1. The van der Waals surface area contributed by atoms with E-state index >= 15 is 0 Å². The van der Waals surface area contributed by atoms with Crippen LogP contribution in [-0.2, 0) is 4.79 Å². The third kappa shape index (κ3) is 3.36. The molecule has 9 heteroatoms. The molecule has 3 N–H and O–H groups in total. The third-order valence-corrected chi connectivity index (χ3v) is 2.28. The number of hydrazine groups is 1. The average molecular weight is 308 g/mol. The molecule has 0 aromatic heterocycles. The Morgan fingerprint density at radius 2 is 2.29 bits per heavy atom. The zero-order valence-electron chi connectivity index (χ0n) is 8.28. The molecule has 0 saturated carbocycles. The van der Waals surface area contributed by atoms with Gasteiger partial charge in [0.05, 0.1) is 15.5 Å². The van der Waals surface area contributed by atoms with Crippen LogP contribution < -0.4 is 16.0 Å². The van der Waals surface area contributed by atoms with E-state index in [2.05, 4.69) is 15.9 Å². The fourth-order valence-corrected chi connectivity index (χ4v) is 1.54. The number of nitrogens with one attached hydrogen (secondary N) is 1. The first kappa shape index (κ1) is 13.3. The molecule has 1 rings (SSSR count). The second-order valence-electron chi connectivity index (χ2n) is 2.85. The van der Waals surface area contributed by atoms with Crippen molar-refractivity contribution in [2.75, 3.05) is 6.61 Å². The van der Waals surface area contributed by atoms with Crippen molar-refractivity contribution in [2.24, 2.45) is 5.84 Å². The molecule has 1 aromatic carbocycles. The maximum atomic E-state index is 12.9. The molecular formula is C8H7BrFN3O4. The molecule has 0 radical (unpaired) electrons. The van der Waals surface area contributed by atoms with Crippen LogP contribution in [0.2, 0.25) is 0 Å². The molecule has 0 unspecified atom stereocenters. The summed E-state index contributed by atoms with van der Waals surface area (Å²) in [6.45, 7) is -0.512. The lowest BCUT2D eigenvalue weighted by Gasteiger charge is -2.07. The monoisotopic (exact) mass is 307 g/mol. The van der Waals surface area contributed by atoms with Gasteiger partial charge in [0.25, 0.3) is 5.91 Å². The fraction of sp³-hybridized carbons (Fsp3) is 0.125. The molecule has 92 valence electrons. The van der Waals surface area contributed by atoms with Crippen LogP contribution in [0.5, 0.6) is 5.75 Å². The normalized spacial score (nSPS) is 9.82. The van der Waals surface area contributed by atoms with E-state index in [0.717, 1.165) is 6.07 Å². The summed E-state index contributed by atoms with van der Waals surface area (Å²) < 4.78 is 17.9. The van der Waals surface area contributed by atoms with E-state index in [1.807, 2.05) is 0 Å². The van der Waals surface area contributed by atoms with Crippen molar-refractivity contribution < 1.29 is 18.8 Å². The SMILES string of the molecule is NNC(=O)COc1c(Br)cc(F)cc1[N+](=O)[O-]. The first-order valence-corrected chi connectivity index (χ1v) is 5.00. The van der Waals surface area contributed by atoms with Gasteiger partial charge in [0, 0.05) is 0 Å². The van der Waals surface area contributed by atoms with Crippen LogP contribution in [0.3, 0.4) is 0 Å². The minimum absolute atomic E-state index is 0.0361. The van der Waals surface area contributed by atoms with Gasteiger partial charge in [-0.05, 0) is 22.0 Å². The molecule has 0 aliphatic carbocycles. The van der Waals surface area contributed by atoms with Gasteiger partial charge in [0.1, 0.15) is 5.82 Å². The summed E-state index contributed by atoms with van der Waals surface area (Å²) in [5, 5.41) is 10.7. The summed E-state index contributed by atoms with van der Waals surface area (Å²) in [6, 6.07) is 1.68. The highest BCUT2D eigenvalue weighted by Crippen LogP contribution is 2.35. The summed E-state index contributed by atoms with van der Waals surface area (Å²) in [5.41, 5.74) is 1.21. The van der Waals surface area contributed by atoms with Crippen LogP contribution >= 0.6 is 15.9 Å². The van der Waals surface area contributed by atoms with E-state index in [0.29, 0.717) is 6.07 Å². The van der Waals surface area contributed by atoms with Crippen LogP contribution in [0.1, 0.15) is 0 Å². The molecule has 7 nitrogen and oxygen atoms in total. The Bertz CT molecular complexity index is 468. The van der Waals surface area contributed by atoms with Crippen LogP contribution in [0.4, 0.5) is 10.1 Å². The van der Waals surface area contributed by atoms with Crippen molar-refractivity contribution >= 4 is 27.5 Å². The molecular weight excluding hydrogens is 301 g/mol. The Balaban J connectivity index is 3.04. The molecule has 0 aliphatic rings. The van der Waals surface area contributed by atoms with E-state index in [9.17, 15) is 19.3 Å². The number of nitro benzene ring substituents is 1. The number of amides is 1. The van der Waals surface area contributed by atoms with Gasteiger partial charge in [0.15, 0.2) is 6.61 Å². The summed E-state index contributed by atoms with van der Waals surface area (Å²) >= 11 is 2.91. The predicted octanol–water partition coefficient (Wildman–Crippen LogP) is 0.865. The van der Waals surface area contributed by atoms with Gasteiger partial charge in [-0.25, -0.2) is 10.2 Å².